The molecule has 2 amide bonds. The highest BCUT2D eigenvalue weighted by atomic mass is 16.6. The fourth-order valence-electron chi connectivity index (χ4n) is 2.90. The van der Waals surface area contributed by atoms with Gasteiger partial charge in [-0.15, -0.1) is 0 Å². The van der Waals surface area contributed by atoms with Crippen LogP contribution >= 0.6 is 0 Å². The molecule has 0 saturated carbocycles. The van der Waals surface area contributed by atoms with E-state index in [1.165, 1.54) is 11.8 Å². The number of rotatable bonds is 5. The van der Waals surface area contributed by atoms with Crippen LogP contribution in [-0.2, 0) is 16.0 Å². The molecule has 136 valence electrons. The summed E-state index contributed by atoms with van der Waals surface area (Å²) in [5.74, 6) is 0.816. The monoisotopic (exact) mass is 354 g/mol. The number of para-hydroxylation sites is 1. The van der Waals surface area contributed by atoms with E-state index >= 15 is 0 Å². The van der Waals surface area contributed by atoms with E-state index in [1.54, 1.807) is 18.2 Å². The van der Waals surface area contributed by atoms with Crippen molar-refractivity contribution in [2.45, 2.75) is 20.3 Å². The molecule has 2 aromatic rings. The van der Waals surface area contributed by atoms with Crippen molar-refractivity contribution < 1.29 is 19.1 Å². The molecule has 6 nitrogen and oxygen atoms in total. The molecular formula is C20H22N2O4. The number of nitrogens with zero attached hydrogens (tertiary/aromatic N) is 1. The molecule has 0 atom stereocenters. The predicted octanol–water partition coefficient (Wildman–Crippen LogP) is 3.01. The molecule has 1 aliphatic rings. The van der Waals surface area contributed by atoms with Crippen LogP contribution in [0.1, 0.15) is 19.4 Å². The van der Waals surface area contributed by atoms with Crippen LogP contribution in [0.2, 0.25) is 0 Å². The third-order valence-corrected chi connectivity index (χ3v) is 4.17. The highest BCUT2D eigenvalue weighted by Gasteiger charge is 2.19. The first-order valence-corrected chi connectivity index (χ1v) is 8.64. The van der Waals surface area contributed by atoms with Gasteiger partial charge < -0.3 is 19.7 Å². The van der Waals surface area contributed by atoms with E-state index in [0.717, 1.165) is 17.7 Å². The summed E-state index contributed by atoms with van der Waals surface area (Å²) >= 11 is 0. The number of carbonyl (C=O) groups is 2. The normalized spacial score (nSPS) is 12.4. The Morgan fingerprint density at radius 1 is 1.08 bits per heavy atom. The zero-order valence-corrected chi connectivity index (χ0v) is 15.0. The van der Waals surface area contributed by atoms with Crippen molar-refractivity contribution in [3.8, 4) is 11.5 Å². The van der Waals surface area contributed by atoms with Gasteiger partial charge >= 0.3 is 0 Å². The van der Waals surface area contributed by atoms with Crippen LogP contribution < -0.4 is 19.7 Å². The molecule has 0 unspecified atom stereocenters. The Morgan fingerprint density at radius 3 is 2.54 bits per heavy atom. The van der Waals surface area contributed by atoms with E-state index in [9.17, 15) is 9.59 Å². The maximum Gasteiger partial charge on any atom is 0.244 e. The maximum atomic E-state index is 12.5. The first kappa shape index (κ1) is 17.8. The SMILES string of the molecule is CCc1ccccc1N(CC(=O)Nc1ccc2c(c1)OCCO2)C(C)=O. The second-order valence-electron chi connectivity index (χ2n) is 5.99. The van der Waals surface area contributed by atoms with Crippen LogP contribution in [0, 0.1) is 0 Å². The number of nitrogens with one attached hydrogen (secondary N) is 1. The minimum absolute atomic E-state index is 0.0548. The van der Waals surface area contributed by atoms with Gasteiger partial charge in [-0.3, -0.25) is 9.59 Å². The van der Waals surface area contributed by atoms with Gasteiger partial charge in [0.1, 0.15) is 19.8 Å². The third kappa shape index (κ3) is 3.96. The van der Waals surface area contributed by atoms with E-state index in [2.05, 4.69) is 5.32 Å². The minimum atomic E-state index is -0.275. The number of fused-ring (bicyclic) bond motifs is 1. The number of amides is 2. The molecule has 0 aliphatic carbocycles. The van der Waals surface area contributed by atoms with E-state index in [-0.39, 0.29) is 18.4 Å². The van der Waals surface area contributed by atoms with Crippen LogP contribution in [0.4, 0.5) is 11.4 Å². The highest BCUT2D eigenvalue weighted by Crippen LogP contribution is 2.32. The summed E-state index contributed by atoms with van der Waals surface area (Å²) in [4.78, 5) is 26.1. The Kier molecular flexibility index (Phi) is 5.41. The topological polar surface area (TPSA) is 67.9 Å². The fourth-order valence-corrected chi connectivity index (χ4v) is 2.90. The van der Waals surface area contributed by atoms with Crippen molar-refractivity contribution in [2.75, 3.05) is 30.0 Å². The second kappa shape index (κ2) is 7.91. The zero-order valence-electron chi connectivity index (χ0n) is 15.0. The van der Waals surface area contributed by atoms with Crippen LogP contribution in [0.15, 0.2) is 42.5 Å². The smallest absolute Gasteiger partial charge is 0.244 e. The number of hydrogen-bond donors (Lipinski definition) is 1. The molecule has 0 saturated heterocycles. The summed E-state index contributed by atoms with van der Waals surface area (Å²) in [7, 11) is 0. The standard InChI is InChI=1S/C20H22N2O4/c1-3-15-6-4-5-7-17(15)22(14(2)23)13-20(24)21-16-8-9-18-19(12-16)26-11-10-25-18/h4-9,12H,3,10-11,13H2,1-2H3,(H,21,24). The van der Waals surface area contributed by atoms with Crippen LogP contribution in [0.5, 0.6) is 11.5 Å². The fraction of sp³-hybridized carbons (Fsp3) is 0.300. The lowest BCUT2D eigenvalue weighted by Gasteiger charge is -2.23. The quantitative estimate of drug-likeness (QED) is 0.896. The van der Waals surface area contributed by atoms with Crippen LogP contribution in [0.25, 0.3) is 0 Å². The van der Waals surface area contributed by atoms with E-state index in [1.807, 2.05) is 31.2 Å². The summed E-state index contributed by atoms with van der Waals surface area (Å²) in [5.41, 5.74) is 2.39. The largest absolute Gasteiger partial charge is 0.486 e. The summed E-state index contributed by atoms with van der Waals surface area (Å²) in [5, 5.41) is 2.82. The average Bonchev–Trinajstić information content (AvgIpc) is 2.66. The van der Waals surface area contributed by atoms with E-state index in [4.69, 9.17) is 9.47 Å². The lowest BCUT2D eigenvalue weighted by Crippen LogP contribution is -2.37. The highest BCUT2D eigenvalue weighted by molar-refractivity contribution is 6.02. The molecule has 0 bridgehead atoms. The van der Waals surface area contributed by atoms with Crippen molar-refractivity contribution in [1.29, 1.82) is 0 Å². The van der Waals surface area contributed by atoms with Gasteiger partial charge in [-0.05, 0) is 30.2 Å². The number of ether oxygens (including phenoxy) is 2. The number of benzene rings is 2. The summed E-state index contributed by atoms with van der Waals surface area (Å²) < 4.78 is 11.0. The van der Waals surface area contributed by atoms with Crippen molar-refractivity contribution in [3.63, 3.8) is 0 Å². The van der Waals surface area contributed by atoms with Gasteiger partial charge in [0.15, 0.2) is 11.5 Å². The van der Waals surface area contributed by atoms with E-state index < -0.39 is 0 Å². The summed E-state index contributed by atoms with van der Waals surface area (Å²) in [6, 6.07) is 12.9. The Labute approximate surface area is 152 Å². The number of anilines is 2. The van der Waals surface area contributed by atoms with Gasteiger partial charge in [0.25, 0.3) is 0 Å². The van der Waals surface area contributed by atoms with Crippen molar-refractivity contribution in [3.05, 3.63) is 48.0 Å². The Morgan fingerprint density at radius 2 is 1.81 bits per heavy atom. The van der Waals surface area contributed by atoms with Crippen molar-refractivity contribution in [2.24, 2.45) is 0 Å². The molecular weight excluding hydrogens is 332 g/mol. The van der Waals surface area contributed by atoms with Gasteiger partial charge in [0, 0.05) is 24.4 Å². The Balaban J connectivity index is 1.74. The third-order valence-electron chi connectivity index (χ3n) is 4.17. The molecule has 26 heavy (non-hydrogen) atoms. The zero-order chi connectivity index (χ0) is 18.5. The van der Waals surface area contributed by atoms with Crippen molar-refractivity contribution >= 4 is 23.2 Å². The first-order chi connectivity index (χ1) is 12.6. The van der Waals surface area contributed by atoms with Crippen LogP contribution in [-0.4, -0.2) is 31.6 Å². The molecule has 0 radical (unpaired) electrons. The maximum absolute atomic E-state index is 12.5. The van der Waals surface area contributed by atoms with Crippen LogP contribution in [0.3, 0.4) is 0 Å². The van der Waals surface area contributed by atoms with Gasteiger partial charge in [-0.25, -0.2) is 0 Å². The Hall–Kier alpha value is -3.02. The summed E-state index contributed by atoms with van der Waals surface area (Å²) in [6.45, 7) is 4.43. The number of aryl methyl sites for hydroxylation is 1. The number of carbonyl (C=O) groups excluding carboxylic acids is 2. The minimum Gasteiger partial charge on any atom is -0.486 e. The molecule has 3 rings (SSSR count). The predicted molar refractivity (Wildman–Crippen MR) is 99.9 cm³/mol. The molecule has 1 N–H and O–H groups in total. The molecule has 0 fully saturated rings. The lowest BCUT2D eigenvalue weighted by molar-refractivity contribution is -0.120. The lowest BCUT2D eigenvalue weighted by atomic mass is 10.1. The summed E-state index contributed by atoms with van der Waals surface area (Å²) in [6.07, 6.45) is 0.781. The average molecular weight is 354 g/mol. The van der Waals surface area contributed by atoms with Gasteiger partial charge in [-0.1, -0.05) is 25.1 Å². The van der Waals surface area contributed by atoms with Gasteiger partial charge in [0.05, 0.1) is 0 Å². The van der Waals surface area contributed by atoms with Gasteiger partial charge in [-0.2, -0.15) is 0 Å². The molecule has 6 heteroatoms. The Bertz CT molecular complexity index is 819. The molecule has 2 aromatic carbocycles. The van der Waals surface area contributed by atoms with Crippen molar-refractivity contribution in [1.82, 2.24) is 0 Å². The van der Waals surface area contributed by atoms with Gasteiger partial charge in [0.2, 0.25) is 11.8 Å². The van der Waals surface area contributed by atoms with E-state index in [0.29, 0.717) is 30.4 Å². The number of hydrogen-bond acceptors (Lipinski definition) is 4. The molecule has 1 heterocycles. The molecule has 0 aromatic heterocycles. The molecule has 1 aliphatic heterocycles. The second-order valence-corrected chi connectivity index (χ2v) is 5.99. The first-order valence-electron chi connectivity index (χ1n) is 8.64. The molecule has 0 spiro atoms.